The number of carbonyl (C=O) groups is 1. The van der Waals surface area contributed by atoms with Crippen molar-refractivity contribution in [1.29, 1.82) is 0 Å². The van der Waals surface area contributed by atoms with Crippen LogP contribution in [0.2, 0.25) is 0 Å². The maximum atomic E-state index is 10.5. The van der Waals surface area contributed by atoms with Gasteiger partial charge in [-0.15, -0.1) is 0 Å². The predicted octanol–water partition coefficient (Wildman–Crippen LogP) is 2.07. The number of hydrogen-bond donors (Lipinski definition) is 1. The van der Waals surface area contributed by atoms with Gasteiger partial charge in [0.05, 0.1) is 13.2 Å². The van der Waals surface area contributed by atoms with Gasteiger partial charge in [0.15, 0.2) is 0 Å². The molecule has 0 radical (unpaired) electrons. The topological polar surface area (TPSA) is 59.0 Å². The molecule has 5 heteroatoms. The molecule has 2 rings (SSSR count). The van der Waals surface area contributed by atoms with Crippen molar-refractivity contribution in [3.05, 3.63) is 29.3 Å². The SMILES string of the molecule is COc1ccc(C)cc1CN1CCC(OCC(=O)O)CC1. The Morgan fingerprint density at radius 2 is 2.10 bits per heavy atom. The molecule has 1 aromatic rings. The number of ether oxygens (including phenoxy) is 2. The maximum absolute atomic E-state index is 10.5. The first-order chi connectivity index (χ1) is 10.1. The van der Waals surface area contributed by atoms with E-state index < -0.39 is 5.97 Å². The number of piperidine rings is 1. The molecule has 1 fully saturated rings. The molecule has 0 bridgehead atoms. The molecule has 0 aliphatic carbocycles. The average molecular weight is 293 g/mol. The first-order valence-corrected chi connectivity index (χ1v) is 7.27. The fourth-order valence-corrected chi connectivity index (χ4v) is 2.70. The van der Waals surface area contributed by atoms with E-state index in [9.17, 15) is 4.79 Å². The summed E-state index contributed by atoms with van der Waals surface area (Å²) in [6, 6.07) is 6.22. The van der Waals surface area contributed by atoms with Crippen molar-refractivity contribution < 1.29 is 19.4 Å². The molecule has 0 amide bonds. The van der Waals surface area contributed by atoms with Crippen LogP contribution in [-0.4, -0.2) is 48.9 Å². The second-order valence-corrected chi connectivity index (χ2v) is 5.50. The number of benzene rings is 1. The quantitative estimate of drug-likeness (QED) is 0.870. The van der Waals surface area contributed by atoms with Crippen molar-refractivity contribution in [3.63, 3.8) is 0 Å². The summed E-state index contributed by atoms with van der Waals surface area (Å²) in [7, 11) is 1.69. The van der Waals surface area contributed by atoms with Gasteiger partial charge >= 0.3 is 5.97 Å². The first-order valence-electron chi connectivity index (χ1n) is 7.27. The lowest BCUT2D eigenvalue weighted by atomic mass is 10.1. The van der Waals surface area contributed by atoms with E-state index in [1.165, 1.54) is 11.1 Å². The van der Waals surface area contributed by atoms with E-state index >= 15 is 0 Å². The van der Waals surface area contributed by atoms with Crippen molar-refractivity contribution in [1.82, 2.24) is 4.90 Å². The Labute approximate surface area is 125 Å². The second-order valence-electron chi connectivity index (χ2n) is 5.50. The van der Waals surface area contributed by atoms with Crippen LogP contribution in [0.15, 0.2) is 18.2 Å². The molecular formula is C16H23NO4. The lowest BCUT2D eigenvalue weighted by Crippen LogP contribution is -2.37. The van der Waals surface area contributed by atoms with E-state index in [4.69, 9.17) is 14.6 Å². The molecule has 0 saturated carbocycles. The van der Waals surface area contributed by atoms with Gasteiger partial charge in [0.25, 0.3) is 0 Å². The zero-order valence-electron chi connectivity index (χ0n) is 12.7. The summed E-state index contributed by atoms with van der Waals surface area (Å²) in [6.07, 6.45) is 1.82. The van der Waals surface area contributed by atoms with E-state index in [2.05, 4.69) is 17.9 Å². The van der Waals surface area contributed by atoms with Gasteiger partial charge in [0.1, 0.15) is 12.4 Å². The second kappa shape index (κ2) is 7.43. The fourth-order valence-electron chi connectivity index (χ4n) is 2.70. The standard InChI is InChI=1S/C16H23NO4/c1-12-3-4-15(20-2)13(9-12)10-17-7-5-14(6-8-17)21-11-16(18)19/h3-4,9,14H,5-8,10-11H2,1-2H3,(H,18,19). The molecular weight excluding hydrogens is 270 g/mol. The Morgan fingerprint density at radius 3 is 2.71 bits per heavy atom. The van der Waals surface area contributed by atoms with Crippen LogP contribution in [0.3, 0.4) is 0 Å². The van der Waals surface area contributed by atoms with Crippen LogP contribution < -0.4 is 4.74 Å². The number of aliphatic carboxylic acids is 1. The van der Waals surface area contributed by atoms with Gasteiger partial charge in [-0.2, -0.15) is 0 Å². The summed E-state index contributed by atoms with van der Waals surface area (Å²) in [5.41, 5.74) is 2.42. The Hall–Kier alpha value is -1.59. The van der Waals surface area contributed by atoms with Crippen molar-refractivity contribution in [3.8, 4) is 5.75 Å². The van der Waals surface area contributed by atoms with E-state index in [0.29, 0.717) is 0 Å². The van der Waals surface area contributed by atoms with Crippen molar-refractivity contribution >= 4 is 5.97 Å². The van der Waals surface area contributed by atoms with Gasteiger partial charge in [-0.05, 0) is 25.8 Å². The number of nitrogens with zero attached hydrogens (tertiary/aromatic N) is 1. The smallest absolute Gasteiger partial charge is 0.329 e. The van der Waals surface area contributed by atoms with Crippen molar-refractivity contribution in [2.45, 2.75) is 32.4 Å². The molecule has 116 valence electrons. The molecule has 0 aromatic heterocycles. The molecule has 0 atom stereocenters. The van der Waals surface area contributed by atoms with E-state index in [-0.39, 0.29) is 12.7 Å². The number of carboxylic acids is 1. The maximum Gasteiger partial charge on any atom is 0.329 e. The minimum Gasteiger partial charge on any atom is -0.496 e. The normalized spacial score (nSPS) is 16.9. The number of methoxy groups -OCH3 is 1. The first kappa shape index (κ1) is 15.8. The lowest BCUT2D eigenvalue weighted by Gasteiger charge is -2.32. The monoisotopic (exact) mass is 293 g/mol. The Morgan fingerprint density at radius 1 is 1.38 bits per heavy atom. The Kier molecular flexibility index (Phi) is 5.59. The van der Waals surface area contributed by atoms with Crippen LogP contribution in [0, 0.1) is 6.92 Å². The minimum atomic E-state index is -0.901. The fraction of sp³-hybridized carbons (Fsp3) is 0.562. The number of carboxylic acid groups (broad SMARTS) is 1. The molecule has 1 heterocycles. The number of hydrogen-bond acceptors (Lipinski definition) is 4. The highest BCUT2D eigenvalue weighted by Gasteiger charge is 2.21. The highest BCUT2D eigenvalue weighted by molar-refractivity contribution is 5.68. The molecule has 1 aliphatic heterocycles. The van der Waals surface area contributed by atoms with E-state index in [1.807, 2.05) is 12.1 Å². The summed E-state index contributed by atoms with van der Waals surface area (Å²) >= 11 is 0. The average Bonchev–Trinajstić information content (AvgIpc) is 2.47. The number of aryl methyl sites for hydroxylation is 1. The van der Waals surface area contributed by atoms with Gasteiger partial charge in [-0.3, -0.25) is 4.90 Å². The molecule has 1 saturated heterocycles. The largest absolute Gasteiger partial charge is 0.496 e. The third-order valence-electron chi connectivity index (χ3n) is 3.81. The predicted molar refractivity (Wildman–Crippen MR) is 79.6 cm³/mol. The van der Waals surface area contributed by atoms with E-state index in [1.54, 1.807) is 7.11 Å². The zero-order valence-corrected chi connectivity index (χ0v) is 12.7. The van der Waals surface area contributed by atoms with Crippen LogP contribution in [0.25, 0.3) is 0 Å². The van der Waals surface area contributed by atoms with Crippen LogP contribution in [-0.2, 0) is 16.1 Å². The molecule has 0 spiro atoms. The van der Waals surface area contributed by atoms with Gasteiger partial charge in [0.2, 0.25) is 0 Å². The Bertz CT molecular complexity index is 481. The van der Waals surface area contributed by atoms with Gasteiger partial charge in [-0.1, -0.05) is 17.7 Å². The van der Waals surface area contributed by atoms with Crippen molar-refractivity contribution in [2.75, 3.05) is 26.8 Å². The molecule has 21 heavy (non-hydrogen) atoms. The van der Waals surface area contributed by atoms with Crippen LogP contribution in [0.1, 0.15) is 24.0 Å². The van der Waals surface area contributed by atoms with Crippen LogP contribution >= 0.6 is 0 Å². The van der Waals surface area contributed by atoms with Crippen LogP contribution in [0.4, 0.5) is 0 Å². The number of rotatable bonds is 6. The number of likely N-dealkylation sites (tertiary alicyclic amines) is 1. The summed E-state index contributed by atoms with van der Waals surface area (Å²) in [5, 5.41) is 8.63. The molecule has 1 aromatic carbocycles. The lowest BCUT2D eigenvalue weighted by molar-refractivity contribution is -0.145. The van der Waals surface area contributed by atoms with E-state index in [0.717, 1.165) is 38.2 Å². The summed E-state index contributed by atoms with van der Waals surface area (Å²) in [6.45, 7) is 4.57. The summed E-state index contributed by atoms with van der Waals surface area (Å²) < 4.78 is 10.8. The third-order valence-corrected chi connectivity index (χ3v) is 3.81. The molecule has 1 aliphatic rings. The van der Waals surface area contributed by atoms with Crippen LogP contribution in [0.5, 0.6) is 5.75 Å². The van der Waals surface area contributed by atoms with Gasteiger partial charge < -0.3 is 14.6 Å². The highest BCUT2D eigenvalue weighted by atomic mass is 16.5. The minimum absolute atomic E-state index is 0.0664. The van der Waals surface area contributed by atoms with Crippen molar-refractivity contribution in [2.24, 2.45) is 0 Å². The zero-order chi connectivity index (χ0) is 15.2. The molecule has 1 N–H and O–H groups in total. The Balaban J connectivity index is 1.86. The third kappa shape index (κ3) is 4.72. The van der Waals surface area contributed by atoms with Gasteiger partial charge in [0, 0.05) is 25.2 Å². The summed E-state index contributed by atoms with van der Waals surface area (Å²) in [4.78, 5) is 12.9. The summed E-state index contributed by atoms with van der Waals surface area (Å²) in [5.74, 6) is 0.0202. The molecule has 5 nitrogen and oxygen atoms in total. The highest BCUT2D eigenvalue weighted by Crippen LogP contribution is 2.23. The molecule has 0 unspecified atom stereocenters. The van der Waals surface area contributed by atoms with Gasteiger partial charge in [-0.25, -0.2) is 4.79 Å².